The van der Waals surface area contributed by atoms with Crippen molar-refractivity contribution in [1.82, 2.24) is 5.32 Å². The maximum Gasteiger partial charge on any atom is 0.342 e. The van der Waals surface area contributed by atoms with Crippen molar-refractivity contribution < 1.29 is 23.8 Å². The van der Waals surface area contributed by atoms with Crippen LogP contribution in [0.1, 0.15) is 30.1 Å². The molecule has 2 rings (SSSR count). The molecule has 1 aliphatic rings. The molecule has 24 heavy (non-hydrogen) atoms. The van der Waals surface area contributed by atoms with E-state index in [1.807, 2.05) is 0 Å². The number of nitriles is 1. The third-order valence-corrected chi connectivity index (χ3v) is 3.99. The van der Waals surface area contributed by atoms with Gasteiger partial charge in [0.15, 0.2) is 6.61 Å². The Kier molecular flexibility index (Phi) is 5.29. The number of nitrogens with one attached hydrogen (secondary N) is 1. The first kappa shape index (κ1) is 17.6. The third kappa shape index (κ3) is 3.96. The highest BCUT2D eigenvalue weighted by molar-refractivity contribution is 5.94. The standard InChI is InChI=1S/C17H20N2O5/c1-17(10-18,11-4-5-11)19-15(20)9-24-16(21)13-7-6-12(22-2)8-14(13)23-3/h6-8,11H,4-5,9H2,1-3H3,(H,19,20)/t17-/m1/s1. The fourth-order valence-corrected chi connectivity index (χ4v) is 2.38. The molecule has 0 radical (unpaired) electrons. The largest absolute Gasteiger partial charge is 0.497 e. The van der Waals surface area contributed by atoms with E-state index in [1.54, 1.807) is 19.1 Å². The predicted octanol–water partition coefficient (Wildman–Crippen LogP) is 1.67. The van der Waals surface area contributed by atoms with Crippen molar-refractivity contribution in [3.8, 4) is 17.6 Å². The van der Waals surface area contributed by atoms with Gasteiger partial charge in [-0.05, 0) is 37.8 Å². The Balaban J connectivity index is 1.95. The maximum atomic E-state index is 12.1. The van der Waals surface area contributed by atoms with Gasteiger partial charge in [-0.25, -0.2) is 4.79 Å². The van der Waals surface area contributed by atoms with Crippen LogP contribution in [0.25, 0.3) is 0 Å². The van der Waals surface area contributed by atoms with Crippen molar-refractivity contribution >= 4 is 11.9 Å². The summed E-state index contributed by atoms with van der Waals surface area (Å²) >= 11 is 0. The van der Waals surface area contributed by atoms with Gasteiger partial charge in [-0.1, -0.05) is 0 Å². The molecule has 128 valence electrons. The number of methoxy groups -OCH3 is 2. The number of carbonyl (C=O) groups excluding carboxylic acids is 2. The number of carbonyl (C=O) groups is 2. The van der Waals surface area contributed by atoms with Crippen LogP contribution in [0.3, 0.4) is 0 Å². The summed E-state index contributed by atoms with van der Waals surface area (Å²) < 4.78 is 15.2. The summed E-state index contributed by atoms with van der Waals surface area (Å²) in [7, 11) is 2.93. The van der Waals surface area contributed by atoms with E-state index in [0.29, 0.717) is 11.5 Å². The van der Waals surface area contributed by atoms with Crippen LogP contribution in [0, 0.1) is 17.2 Å². The normalized spacial score (nSPS) is 15.6. The lowest BCUT2D eigenvalue weighted by atomic mass is 9.98. The molecule has 7 nitrogen and oxygen atoms in total. The Bertz CT molecular complexity index is 678. The van der Waals surface area contributed by atoms with E-state index < -0.39 is 24.0 Å². The molecule has 1 aromatic carbocycles. The minimum Gasteiger partial charge on any atom is -0.497 e. The zero-order chi connectivity index (χ0) is 17.7. The molecule has 0 aromatic heterocycles. The highest BCUT2D eigenvalue weighted by Crippen LogP contribution is 2.39. The van der Waals surface area contributed by atoms with Crippen molar-refractivity contribution in [1.29, 1.82) is 5.26 Å². The maximum absolute atomic E-state index is 12.1. The van der Waals surface area contributed by atoms with E-state index in [4.69, 9.17) is 14.2 Å². The molecule has 0 aliphatic heterocycles. The molecule has 1 aliphatic carbocycles. The van der Waals surface area contributed by atoms with Crippen LogP contribution in [-0.2, 0) is 9.53 Å². The number of benzene rings is 1. The van der Waals surface area contributed by atoms with Gasteiger partial charge in [-0.15, -0.1) is 0 Å². The smallest absolute Gasteiger partial charge is 0.342 e. The summed E-state index contributed by atoms with van der Waals surface area (Å²) in [6.07, 6.45) is 1.82. The quantitative estimate of drug-likeness (QED) is 0.763. The molecule has 0 spiro atoms. The Morgan fingerprint density at radius 1 is 1.33 bits per heavy atom. The number of rotatable bonds is 7. The molecule has 1 atom stereocenters. The average Bonchev–Trinajstić information content (AvgIpc) is 3.44. The lowest BCUT2D eigenvalue weighted by Gasteiger charge is -2.22. The summed E-state index contributed by atoms with van der Waals surface area (Å²) in [5, 5.41) is 11.8. The molecule has 1 saturated carbocycles. The van der Waals surface area contributed by atoms with Crippen molar-refractivity contribution in [3.05, 3.63) is 23.8 Å². The second kappa shape index (κ2) is 7.21. The van der Waals surface area contributed by atoms with Gasteiger partial charge in [0.1, 0.15) is 22.6 Å². The van der Waals surface area contributed by atoms with Crippen LogP contribution in [0.5, 0.6) is 11.5 Å². The first-order valence-corrected chi connectivity index (χ1v) is 7.55. The molecular formula is C17H20N2O5. The SMILES string of the molecule is COc1ccc(C(=O)OCC(=O)N[C@](C)(C#N)C2CC2)c(OC)c1. The Morgan fingerprint density at radius 2 is 2.04 bits per heavy atom. The first-order chi connectivity index (χ1) is 11.4. The molecule has 1 N–H and O–H groups in total. The molecule has 1 aromatic rings. The molecule has 1 amide bonds. The van der Waals surface area contributed by atoms with Gasteiger partial charge < -0.3 is 19.5 Å². The van der Waals surface area contributed by atoms with Gasteiger partial charge in [0.25, 0.3) is 5.91 Å². The van der Waals surface area contributed by atoms with Gasteiger partial charge in [-0.2, -0.15) is 5.26 Å². The molecule has 0 saturated heterocycles. The summed E-state index contributed by atoms with van der Waals surface area (Å²) in [5.74, 6) is -0.208. The second-order valence-electron chi connectivity index (χ2n) is 5.78. The minimum absolute atomic E-state index is 0.156. The number of nitrogens with zero attached hydrogens (tertiary/aromatic N) is 1. The lowest BCUT2D eigenvalue weighted by molar-refractivity contribution is -0.125. The van der Waals surface area contributed by atoms with Crippen LogP contribution in [-0.4, -0.2) is 38.2 Å². The minimum atomic E-state index is -0.915. The fraction of sp³-hybridized carbons (Fsp3) is 0.471. The second-order valence-corrected chi connectivity index (χ2v) is 5.78. The number of ether oxygens (including phenoxy) is 3. The number of hydrogen-bond acceptors (Lipinski definition) is 6. The molecule has 0 heterocycles. The summed E-state index contributed by atoms with van der Waals surface area (Å²) in [6, 6.07) is 6.77. The molecule has 1 fully saturated rings. The monoisotopic (exact) mass is 332 g/mol. The average molecular weight is 332 g/mol. The molecule has 7 heteroatoms. The predicted molar refractivity (Wildman–Crippen MR) is 84.7 cm³/mol. The Labute approximate surface area is 140 Å². The van der Waals surface area contributed by atoms with E-state index in [2.05, 4.69) is 11.4 Å². The third-order valence-electron chi connectivity index (χ3n) is 3.99. The van der Waals surface area contributed by atoms with E-state index in [1.165, 1.54) is 20.3 Å². The highest BCUT2D eigenvalue weighted by atomic mass is 16.5. The zero-order valence-corrected chi connectivity index (χ0v) is 13.9. The molecular weight excluding hydrogens is 312 g/mol. The topological polar surface area (TPSA) is 97.6 Å². The van der Waals surface area contributed by atoms with Crippen LogP contribution < -0.4 is 14.8 Å². The molecule has 0 bridgehead atoms. The van der Waals surface area contributed by atoms with Gasteiger partial charge in [-0.3, -0.25) is 4.79 Å². The molecule has 0 unspecified atom stereocenters. The van der Waals surface area contributed by atoms with Crippen molar-refractivity contribution in [2.24, 2.45) is 5.92 Å². The summed E-state index contributed by atoms with van der Waals surface area (Å²) in [6.45, 7) is 1.22. The van der Waals surface area contributed by atoms with Gasteiger partial charge in [0, 0.05) is 6.07 Å². The van der Waals surface area contributed by atoms with Crippen molar-refractivity contribution in [2.45, 2.75) is 25.3 Å². The van der Waals surface area contributed by atoms with Crippen LogP contribution in [0.2, 0.25) is 0 Å². The van der Waals surface area contributed by atoms with Gasteiger partial charge >= 0.3 is 5.97 Å². The van der Waals surface area contributed by atoms with E-state index in [0.717, 1.165) is 12.8 Å². The zero-order valence-electron chi connectivity index (χ0n) is 13.9. The van der Waals surface area contributed by atoms with Crippen LogP contribution >= 0.6 is 0 Å². The Morgan fingerprint density at radius 3 is 2.58 bits per heavy atom. The van der Waals surface area contributed by atoms with Crippen molar-refractivity contribution in [2.75, 3.05) is 20.8 Å². The fourth-order valence-electron chi connectivity index (χ4n) is 2.38. The van der Waals surface area contributed by atoms with Gasteiger partial charge in [0.2, 0.25) is 0 Å². The van der Waals surface area contributed by atoms with E-state index >= 15 is 0 Å². The van der Waals surface area contributed by atoms with Crippen LogP contribution in [0.15, 0.2) is 18.2 Å². The number of amides is 1. The van der Waals surface area contributed by atoms with Crippen LogP contribution in [0.4, 0.5) is 0 Å². The summed E-state index contributed by atoms with van der Waals surface area (Å²) in [5.41, 5.74) is -0.724. The van der Waals surface area contributed by atoms with Gasteiger partial charge in [0.05, 0.1) is 20.3 Å². The summed E-state index contributed by atoms with van der Waals surface area (Å²) in [4.78, 5) is 24.1. The first-order valence-electron chi connectivity index (χ1n) is 7.55. The number of hydrogen-bond donors (Lipinski definition) is 1. The Hall–Kier alpha value is -2.75. The lowest BCUT2D eigenvalue weighted by Crippen LogP contribution is -2.48. The number of esters is 1. The van der Waals surface area contributed by atoms with E-state index in [-0.39, 0.29) is 11.5 Å². The van der Waals surface area contributed by atoms with E-state index in [9.17, 15) is 14.9 Å². The highest BCUT2D eigenvalue weighted by Gasteiger charge is 2.43. The van der Waals surface area contributed by atoms with Crippen molar-refractivity contribution in [3.63, 3.8) is 0 Å².